The third-order valence-electron chi connectivity index (χ3n) is 5.65. The standard InChI is InChI=1S/C19H17ClFN3O2.C6H7N.C2H6/c1-10-9-19(17(25)24(2)18(22)23-19)15-7-11(3-4-16(15)26-10)12-5-13(20)8-14(21)6-12;1-6-4-2-3-5-7-6;1-2/h3-8,10H,9H2,1-2H3,(H2,22,23);2-5H,1H3;1-2H3/t10?,19-;;/m1../s1. The molecule has 1 spiro atoms. The van der Waals surface area contributed by atoms with Crippen LogP contribution in [0.3, 0.4) is 0 Å². The smallest absolute Gasteiger partial charge is 0.261 e. The molecule has 2 atom stereocenters. The van der Waals surface area contributed by atoms with E-state index < -0.39 is 11.4 Å². The molecule has 1 amide bonds. The van der Waals surface area contributed by atoms with E-state index in [2.05, 4.69) is 9.98 Å². The molecular formula is C27H30ClFN4O2. The van der Waals surface area contributed by atoms with Crippen LogP contribution in [0.25, 0.3) is 11.1 Å². The highest BCUT2D eigenvalue weighted by molar-refractivity contribution is 6.30. The molecular weight excluding hydrogens is 467 g/mol. The second-order valence-corrected chi connectivity index (χ2v) is 8.60. The fourth-order valence-corrected chi connectivity index (χ4v) is 4.32. The van der Waals surface area contributed by atoms with E-state index in [4.69, 9.17) is 22.1 Å². The van der Waals surface area contributed by atoms with E-state index in [9.17, 15) is 9.18 Å². The van der Waals surface area contributed by atoms with Gasteiger partial charge in [0, 0.05) is 35.9 Å². The molecule has 6 nitrogen and oxygen atoms in total. The van der Waals surface area contributed by atoms with Gasteiger partial charge in [0.2, 0.25) is 0 Å². The first-order valence-corrected chi connectivity index (χ1v) is 11.9. The van der Waals surface area contributed by atoms with Crippen LogP contribution in [0.5, 0.6) is 5.75 Å². The highest BCUT2D eigenvalue weighted by atomic mass is 35.5. The predicted molar refractivity (Wildman–Crippen MR) is 138 cm³/mol. The second-order valence-electron chi connectivity index (χ2n) is 8.17. The quantitative estimate of drug-likeness (QED) is 0.467. The van der Waals surface area contributed by atoms with Crippen molar-refractivity contribution >= 4 is 23.5 Å². The molecule has 184 valence electrons. The van der Waals surface area contributed by atoms with Crippen LogP contribution in [-0.4, -0.2) is 34.9 Å². The Morgan fingerprint density at radius 3 is 2.43 bits per heavy atom. The van der Waals surface area contributed by atoms with Crippen LogP contribution in [0, 0.1) is 12.7 Å². The molecule has 1 unspecified atom stereocenters. The maximum Gasteiger partial charge on any atom is 0.261 e. The Balaban J connectivity index is 0.000000324. The summed E-state index contributed by atoms with van der Waals surface area (Å²) in [6.45, 7) is 7.86. The molecule has 0 radical (unpaired) electrons. The van der Waals surface area contributed by atoms with Gasteiger partial charge in [0.15, 0.2) is 11.5 Å². The number of nitrogens with two attached hydrogens (primary N) is 1. The molecule has 0 fully saturated rings. The highest BCUT2D eigenvalue weighted by Gasteiger charge is 2.52. The lowest BCUT2D eigenvalue weighted by atomic mass is 9.81. The molecule has 0 saturated heterocycles. The Morgan fingerprint density at radius 1 is 1.14 bits per heavy atom. The van der Waals surface area contributed by atoms with Crippen molar-refractivity contribution < 1.29 is 13.9 Å². The number of hydrogen-bond donors (Lipinski definition) is 1. The van der Waals surface area contributed by atoms with Crippen molar-refractivity contribution in [2.24, 2.45) is 10.7 Å². The van der Waals surface area contributed by atoms with E-state index in [0.29, 0.717) is 28.3 Å². The van der Waals surface area contributed by atoms with Gasteiger partial charge in [0.1, 0.15) is 11.6 Å². The van der Waals surface area contributed by atoms with Crippen LogP contribution in [-0.2, 0) is 10.3 Å². The van der Waals surface area contributed by atoms with Crippen LogP contribution in [0.2, 0.25) is 5.02 Å². The number of halogens is 2. The van der Waals surface area contributed by atoms with Crippen LogP contribution in [0.1, 0.15) is 38.4 Å². The van der Waals surface area contributed by atoms with E-state index in [0.717, 1.165) is 11.3 Å². The first-order valence-electron chi connectivity index (χ1n) is 11.5. The minimum Gasteiger partial charge on any atom is -0.490 e. The molecule has 2 aromatic carbocycles. The lowest BCUT2D eigenvalue weighted by molar-refractivity contribution is -0.132. The minimum absolute atomic E-state index is 0.175. The summed E-state index contributed by atoms with van der Waals surface area (Å²) in [6.07, 6.45) is 1.98. The number of ether oxygens (including phenoxy) is 1. The minimum atomic E-state index is -1.11. The first kappa shape index (κ1) is 26.2. The molecule has 0 aliphatic carbocycles. The lowest BCUT2D eigenvalue weighted by Gasteiger charge is -2.35. The molecule has 2 aliphatic rings. The van der Waals surface area contributed by atoms with Gasteiger partial charge < -0.3 is 10.5 Å². The van der Waals surface area contributed by atoms with Gasteiger partial charge in [-0.3, -0.25) is 14.7 Å². The van der Waals surface area contributed by atoms with Crippen molar-refractivity contribution in [3.8, 4) is 16.9 Å². The van der Waals surface area contributed by atoms with Crippen molar-refractivity contribution in [3.63, 3.8) is 0 Å². The Kier molecular flexibility index (Phi) is 8.12. The zero-order valence-corrected chi connectivity index (χ0v) is 21.3. The summed E-state index contributed by atoms with van der Waals surface area (Å²) < 4.78 is 19.6. The van der Waals surface area contributed by atoms with Crippen LogP contribution in [0.4, 0.5) is 4.39 Å². The Bertz CT molecular complexity index is 1210. The Morgan fingerprint density at radius 2 is 1.89 bits per heavy atom. The number of aromatic nitrogens is 1. The number of aryl methyl sites for hydroxylation is 1. The summed E-state index contributed by atoms with van der Waals surface area (Å²) >= 11 is 5.98. The van der Waals surface area contributed by atoms with Gasteiger partial charge in [-0.2, -0.15) is 0 Å². The number of aliphatic imine (C=N–C) groups is 1. The summed E-state index contributed by atoms with van der Waals surface area (Å²) in [5.74, 6) is 0.133. The second kappa shape index (κ2) is 10.9. The van der Waals surface area contributed by atoms with Crippen LogP contribution in [0.15, 0.2) is 65.8 Å². The third kappa shape index (κ3) is 5.46. The fraction of sp³-hybridized carbons (Fsp3) is 0.296. The normalized spacial score (nSPS) is 20.1. The van der Waals surface area contributed by atoms with Gasteiger partial charge in [-0.1, -0.05) is 37.6 Å². The number of rotatable bonds is 1. The zero-order valence-electron chi connectivity index (χ0n) is 20.5. The van der Waals surface area contributed by atoms with Gasteiger partial charge in [0.25, 0.3) is 5.91 Å². The highest BCUT2D eigenvalue weighted by Crippen LogP contribution is 2.47. The molecule has 35 heavy (non-hydrogen) atoms. The molecule has 0 bridgehead atoms. The van der Waals surface area contributed by atoms with Gasteiger partial charge >= 0.3 is 0 Å². The first-order chi connectivity index (χ1) is 16.7. The maximum atomic E-state index is 13.8. The van der Waals surface area contributed by atoms with Crippen molar-refractivity contribution in [2.45, 2.75) is 45.8 Å². The van der Waals surface area contributed by atoms with E-state index in [-0.39, 0.29) is 18.0 Å². The van der Waals surface area contributed by atoms with Gasteiger partial charge in [0.05, 0.1) is 6.10 Å². The van der Waals surface area contributed by atoms with E-state index in [1.165, 1.54) is 17.0 Å². The summed E-state index contributed by atoms with van der Waals surface area (Å²) in [6, 6.07) is 15.6. The summed E-state index contributed by atoms with van der Waals surface area (Å²) in [7, 11) is 1.60. The summed E-state index contributed by atoms with van der Waals surface area (Å²) in [5, 5.41) is 0.302. The number of nitrogens with zero attached hydrogens (tertiary/aromatic N) is 3. The number of fused-ring (bicyclic) bond motifs is 2. The van der Waals surface area contributed by atoms with Crippen molar-refractivity contribution in [2.75, 3.05) is 7.05 Å². The number of amides is 1. The average molecular weight is 497 g/mol. The molecule has 3 heterocycles. The van der Waals surface area contributed by atoms with E-state index in [1.807, 2.05) is 52.0 Å². The molecule has 3 aromatic rings. The van der Waals surface area contributed by atoms with Gasteiger partial charge in [-0.05, 0) is 67.4 Å². The largest absolute Gasteiger partial charge is 0.490 e. The topological polar surface area (TPSA) is 80.8 Å². The van der Waals surface area contributed by atoms with Gasteiger partial charge in [-0.25, -0.2) is 9.38 Å². The van der Waals surface area contributed by atoms with E-state index in [1.54, 1.807) is 31.4 Å². The van der Waals surface area contributed by atoms with E-state index >= 15 is 0 Å². The Labute approximate surface area is 210 Å². The zero-order chi connectivity index (χ0) is 25.8. The average Bonchev–Trinajstić information content (AvgIpc) is 3.04. The maximum absolute atomic E-state index is 13.8. The third-order valence-corrected chi connectivity index (χ3v) is 5.87. The fourth-order valence-electron chi connectivity index (χ4n) is 4.10. The molecule has 0 saturated carbocycles. The Hall–Kier alpha value is -3.45. The number of hydrogen-bond acceptors (Lipinski definition) is 5. The summed E-state index contributed by atoms with van der Waals surface area (Å²) in [5.41, 5.74) is 7.84. The van der Waals surface area contributed by atoms with Gasteiger partial charge in [-0.15, -0.1) is 0 Å². The molecule has 5 rings (SSSR count). The number of guanidine groups is 1. The van der Waals surface area contributed by atoms with Crippen molar-refractivity contribution in [1.29, 1.82) is 0 Å². The number of benzene rings is 2. The number of pyridine rings is 1. The van der Waals surface area contributed by atoms with Crippen LogP contribution >= 0.6 is 11.6 Å². The molecule has 1 aromatic heterocycles. The number of carbonyl (C=O) groups excluding carboxylic acids is 1. The number of likely N-dealkylation sites (N-methyl/N-ethyl adjacent to an activating group) is 1. The molecule has 8 heteroatoms. The van der Waals surface area contributed by atoms with Crippen molar-refractivity contribution in [1.82, 2.24) is 9.88 Å². The van der Waals surface area contributed by atoms with Crippen molar-refractivity contribution in [3.05, 3.63) is 82.9 Å². The monoisotopic (exact) mass is 496 g/mol. The molecule has 2 aliphatic heterocycles. The predicted octanol–water partition coefficient (Wildman–Crippen LogP) is 5.72. The van der Waals surface area contributed by atoms with Crippen LogP contribution < -0.4 is 10.5 Å². The lowest BCUT2D eigenvalue weighted by Crippen LogP contribution is -2.45. The summed E-state index contributed by atoms with van der Waals surface area (Å²) in [4.78, 5) is 22.8. The number of carbonyl (C=O) groups is 1. The SMILES string of the molecule is CC.CC1C[C@@]2(N=C(N)N(C)C2=O)c2cc(-c3cc(F)cc(Cl)c3)ccc2O1.Cc1ccccn1. The molecule has 2 N–H and O–H groups in total.